The Morgan fingerprint density at radius 2 is 1.78 bits per heavy atom. The standard InChI is InChI=1S/C20H25NO2/c1-14(2)23-19-9-6-17(7-10-19)13-21-20(22)12-18-8-5-15(3)11-16(18)4/h5-11,14H,12-13H2,1-4H3,(H,21,22). The molecule has 0 aliphatic rings. The van der Waals surface area contributed by atoms with E-state index in [9.17, 15) is 4.79 Å². The van der Waals surface area contributed by atoms with Gasteiger partial charge in [-0.3, -0.25) is 4.79 Å². The van der Waals surface area contributed by atoms with Gasteiger partial charge in [0, 0.05) is 6.54 Å². The van der Waals surface area contributed by atoms with Gasteiger partial charge in [-0.25, -0.2) is 0 Å². The average molecular weight is 311 g/mol. The van der Waals surface area contributed by atoms with E-state index in [2.05, 4.69) is 18.3 Å². The number of aryl methyl sites for hydroxylation is 2. The number of ether oxygens (including phenoxy) is 1. The lowest BCUT2D eigenvalue weighted by atomic mass is 10.0. The van der Waals surface area contributed by atoms with Crippen molar-refractivity contribution in [3.8, 4) is 5.75 Å². The summed E-state index contributed by atoms with van der Waals surface area (Å²) in [5.41, 5.74) is 4.52. The quantitative estimate of drug-likeness (QED) is 0.877. The Hall–Kier alpha value is -2.29. The highest BCUT2D eigenvalue weighted by atomic mass is 16.5. The van der Waals surface area contributed by atoms with Gasteiger partial charge < -0.3 is 10.1 Å². The van der Waals surface area contributed by atoms with Gasteiger partial charge in [0.25, 0.3) is 0 Å². The highest BCUT2D eigenvalue weighted by Crippen LogP contribution is 2.14. The molecule has 0 heterocycles. The van der Waals surface area contributed by atoms with Gasteiger partial charge >= 0.3 is 0 Å². The third-order valence-corrected chi connectivity index (χ3v) is 3.63. The molecule has 3 heteroatoms. The molecule has 0 unspecified atom stereocenters. The van der Waals surface area contributed by atoms with Crippen molar-refractivity contribution in [3.05, 3.63) is 64.7 Å². The van der Waals surface area contributed by atoms with E-state index in [1.54, 1.807) is 0 Å². The zero-order valence-electron chi connectivity index (χ0n) is 14.3. The van der Waals surface area contributed by atoms with Crippen LogP contribution in [0.2, 0.25) is 0 Å². The van der Waals surface area contributed by atoms with Crippen LogP contribution in [0.25, 0.3) is 0 Å². The molecule has 0 spiro atoms. The van der Waals surface area contributed by atoms with Crippen LogP contribution >= 0.6 is 0 Å². The van der Waals surface area contributed by atoms with E-state index in [0.29, 0.717) is 13.0 Å². The number of rotatable bonds is 6. The van der Waals surface area contributed by atoms with Gasteiger partial charge in [-0.05, 0) is 56.5 Å². The minimum atomic E-state index is 0.0412. The first kappa shape index (κ1) is 17.1. The predicted octanol–water partition coefficient (Wildman–Crippen LogP) is 3.95. The second kappa shape index (κ2) is 7.82. The monoisotopic (exact) mass is 311 g/mol. The van der Waals surface area contributed by atoms with Crippen LogP contribution in [0.3, 0.4) is 0 Å². The van der Waals surface area contributed by atoms with Crippen LogP contribution in [-0.4, -0.2) is 12.0 Å². The number of nitrogens with one attached hydrogen (secondary N) is 1. The Bertz CT molecular complexity index is 660. The maximum atomic E-state index is 12.1. The van der Waals surface area contributed by atoms with E-state index in [-0.39, 0.29) is 12.0 Å². The highest BCUT2D eigenvalue weighted by molar-refractivity contribution is 5.78. The molecule has 0 saturated carbocycles. The molecule has 0 fully saturated rings. The summed E-state index contributed by atoms with van der Waals surface area (Å²) in [6.45, 7) is 8.64. The third-order valence-electron chi connectivity index (χ3n) is 3.63. The van der Waals surface area contributed by atoms with Crippen molar-refractivity contribution < 1.29 is 9.53 Å². The second-order valence-corrected chi connectivity index (χ2v) is 6.19. The molecule has 1 N–H and O–H groups in total. The number of hydrogen-bond donors (Lipinski definition) is 1. The van der Waals surface area contributed by atoms with Gasteiger partial charge in [-0.15, -0.1) is 0 Å². The van der Waals surface area contributed by atoms with E-state index in [1.165, 1.54) is 5.56 Å². The van der Waals surface area contributed by atoms with E-state index < -0.39 is 0 Å². The zero-order chi connectivity index (χ0) is 16.8. The van der Waals surface area contributed by atoms with Crippen LogP contribution in [0, 0.1) is 13.8 Å². The highest BCUT2D eigenvalue weighted by Gasteiger charge is 2.06. The first-order valence-electron chi connectivity index (χ1n) is 8.02. The van der Waals surface area contributed by atoms with Gasteiger partial charge in [0.2, 0.25) is 5.91 Å². The van der Waals surface area contributed by atoms with E-state index in [1.807, 2.05) is 57.2 Å². The SMILES string of the molecule is Cc1ccc(CC(=O)NCc2ccc(OC(C)C)cc2)c(C)c1. The summed E-state index contributed by atoms with van der Waals surface area (Å²) in [7, 11) is 0. The smallest absolute Gasteiger partial charge is 0.224 e. The fraction of sp³-hybridized carbons (Fsp3) is 0.350. The number of carbonyl (C=O) groups excluding carboxylic acids is 1. The Morgan fingerprint density at radius 1 is 1.09 bits per heavy atom. The average Bonchev–Trinajstić information content (AvgIpc) is 2.49. The fourth-order valence-corrected chi connectivity index (χ4v) is 2.44. The molecule has 0 saturated heterocycles. The van der Waals surface area contributed by atoms with Crippen LogP contribution in [0.4, 0.5) is 0 Å². The summed E-state index contributed by atoms with van der Waals surface area (Å²) < 4.78 is 5.61. The summed E-state index contributed by atoms with van der Waals surface area (Å²) in [5.74, 6) is 0.893. The van der Waals surface area contributed by atoms with Crippen molar-refractivity contribution >= 4 is 5.91 Å². The molecule has 2 aromatic carbocycles. The summed E-state index contributed by atoms with van der Waals surface area (Å²) in [6.07, 6.45) is 0.582. The van der Waals surface area contributed by atoms with Gasteiger partial charge in [0.15, 0.2) is 0 Å². The molecule has 2 rings (SSSR count). The van der Waals surface area contributed by atoms with Gasteiger partial charge in [-0.1, -0.05) is 35.9 Å². The van der Waals surface area contributed by atoms with Crippen molar-refractivity contribution in [1.29, 1.82) is 0 Å². The molecule has 0 bridgehead atoms. The Balaban J connectivity index is 1.86. The number of benzene rings is 2. The van der Waals surface area contributed by atoms with Crippen LogP contribution in [0.5, 0.6) is 5.75 Å². The third kappa shape index (κ3) is 5.44. The van der Waals surface area contributed by atoms with Gasteiger partial charge in [-0.2, -0.15) is 0 Å². The largest absolute Gasteiger partial charge is 0.491 e. The van der Waals surface area contributed by atoms with Gasteiger partial charge in [0.1, 0.15) is 5.75 Å². The second-order valence-electron chi connectivity index (χ2n) is 6.19. The van der Waals surface area contributed by atoms with Crippen molar-refractivity contribution in [1.82, 2.24) is 5.32 Å². The maximum Gasteiger partial charge on any atom is 0.224 e. The molecular formula is C20H25NO2. The van der Waals surface area contributed by atoms with Crippen LogP contribution in [0.15, 0.2) is 42.5 Å². The van der Waals surface area contributed by atoms with Crippen molar-refractivity contribution in [3.63, 3.8) is 0 Å². The topological polar surface area (TPSA) is 38.3 Å². The minimum Gasteiger partial charge on any atom is -0.491 e. The summed E-state index contributed by atoms with van der Waals surface area (Å²) in [6, 6.07) is 14.0. The van der Waals surface area contributed by atoms with Crippen LogP contribution < -0.4 is 10.1 Å². The Morgan fingerprint density at radius 3 is 2.39 bits per heavy atom. The normalized spacial score (nSPS) is 10.7. The lowest BCUT2D eigenvalue weighted by Gasteiger charge is -2.11. The number of hydrogen-bond acceptors (Lipinski definition) is 2. The summed E-state index contributed by atoms with van der Waals surface area (Å²) in [5, 5.41) is 2.97. The summed E-state index contributed by atoms with van der Waals surface area (Å²) >= 11 is 0. The first-order valence-corrected chi connectivity index (χ1v) is 8.02. The van der Waals surface area contributed by atoms with Crippen LogP contribution in [0.1, 0.15) is 36.1 Å². The van der Waals surface area contributed by atoms with Crippen molar-refractivity contribution in [2.75, 3.05) is 0 Å². The molecule has 0 atom stereocenters. The molecule has 0 aliphatic carbocycles. The minimum absolute atomic E-state index is 0.0412. The molecule has 0 radical (unpaired) electrons. The lowest BCUT2D eigenvalue weighted by Crippen LogP contribution is -2.24. The molecule has 0 aliphatic heterocycles. The zero-order valence-corrected chi connectivity index (χ0v) is 14.3. The predicted molar refractivity (Wildman–Crippen MR) is 93.7 cm³/mol. The molecule has 1 amide bonds. The molecule has 2 aromatic rings. The molecule has 122 valence electrons. The first-order chi connectivity index (χ1) is 10.9. The van der Waals surface area contributed by atoms with Gasteiger partial charge in [0.05, 0.1) is 12.5 Å². The summed E-state index contributed by atoms with van der Waals surface area (Å²) in [4.78, 5) is 12.1. The van der Waals surface area contributed by atoms with Crippen LogP contribution in [-0.2, 0) is 17.8 Å². The molecule has 0 aromatic heterocycles. The van der Waals surface area contributed by atoms with E-state index >= 15 is 0 Å². The maximum absolute atomic E-state index is 12.1. The molecular weight excluding hydrogens is 286 g/mol. The molecule has 23 heavy (non-hydrogen) atoms. The molecule has 3 nitrogen and oxygen atoms in total. The van der Waals surface area contributed by atoms with Crippen molar-refractivity contribution in [2.24, 2.45) is 0 Å². The lowest BCUT2D eigenvalue weighted by molar-refractivity contribution is -0.120. The van der Waals surface area contributed by atoms with E-state index in [4.69, 9.17) is 4.74 Å². The van der Waals surface area contributed by atoms with E-state index in [0.717, 1.165) is 22.4 Å². The van der Waals surface area contributed by atoms with Crippen molar-refractivity contribution in [2.45, 2.75) is 46.8 Å². The number of carbonyl (C=O) groups is 1. The Kier molecular flexibility index (Phi) is 5.80. The Labute approximate surface area is 138 Å². The number of amides is 1. The fourth-order valence-electron chi connectivity index (χ4n) is 2.44.